The monoisotopic (exact) mass is 286 g/mol. The maximum atomic E-state index is 12.3. The van der Waals surface area contributed by atoms with Crippen molar-refractivity contribution in [3.8, 4) is 17.2 Å². The van der Waals surface area contributed by atoms with Crippen LogP contribution in [0.5, 0.6) is 17.2 Å². The summed E-state index contributed by atoms with van der Waals surface area (Å²) in [7, 11) is 0. The van der Waals surface area contributed by atoms with Gasteiger partial charge in [0.1, 0.15) is 6.10 Å². The summed E-state index contributed by atoms with van der Waals surface area (Å²) in [6.07, 6.45) is -0.403. The molecule has 0 amide bonds. The molecule has 1 aliphatic rings. The van der Waals surface area contributed by atoms with E-state index in [2.05, 4.69) is 0 Å². The Bertz CT molecular complexity index is 694. The lowest BCUT2D eigenvalue weighted by Crippen LogP contribution is -2.22. The van der Waals surface area contributed by atoms with Crippen molar-refractivity contribution < 1.29 is 24.9 Å². The molecule has 3 rings (SSSR count). The minimum absolute atomic E-state index is 0.0656. The molecule has 0 bridgehead atoms. The maximum absolute atomic E-state index is 12.3. The van der Waals surface area contributed by atoms with Gasteiger partial charge in [0, 0.05) is 0 Å². The van der Waals surface area contributed by atoms with Crippen molar-refractivity contribution in [2.75, 3.05) is 0 Å². The van der Waals surface area contributed by atoms with Gasteiger partial charge in [0.15, 0.2) is 17.3 Å². The Morgan fingerprint density at radius 1 is 1.19 bits per heavy atom. The number of phenolic OH excluding ortho intramolecular Hbond substituents is 2. The van der Waals surface area contributed by atoms with E-state index in [1.165, 1.54) is 6.07 Å². The second-order valence-corrected chi connectivity index (χ2v) is 4.91. The van der Waals surface area contributed by atoms with Crippen LogP contribution in [0.4, 0.5) is 0 Å². The third kappa shape index (κ3) is 2.21. The zero-order valence-corrected chi connectivity index (χ0v) is 11.1. The summed E-state index contributed by atoms with van der Waals surface area (Å²) in [5.41, 5.74) is 1.20. The topological polar surface area (TPSA) is 87.0 Å². The number of Topliss-reactive ketones (excluding diaryl/α,β-unsaturated/α-hetero) is 1. The van der Waals surface area contributed by atoms with Crippen LogP contribution in [0.25, 0.3) is 0 Å². The minimum atomic E-state index is -0.523. The average Bonchev–Trinajstić information content (AvgIpc) is 2.51. The number of fused-ring (bicyclic) bond motifs is 1. The molecule has 3 N–H and O–H groups in total. The van der Waals surface area contributed by atoms with Crippen LogP contribution in [-0.4, -0.2) is 21.1 Å². The number of ether oxygens (including phenoxy) is 1. The normalized spacial score (nSPS) is 17.2. The number of ketones is 1. The number of hydrogen-bond acceptors (Lipinski definition) is 5. The molecule has 0 saturated carbocycles. The summed E-state index contributed by atoms with van der Waals surface area (Å²) in [6, 6.07) is 10.4. The van der Waals surface area contributed by atoms with E-state index in [9.17, 15) is 20.1 Å². The summed E-state index contributed by atoms with van der Waals surface area (Å²) in [6.45, 7) is -0.415. The van der Waals surface area contributed by atoms with Crippen LogP contribution in [0.1, 0.15) is 34.0 Å². The van der Waals surface area contributed by atoms with E-state index in [4.69, 9.17) is 4.74 Å². The molecule has 1 heterocycles. The second-order valence-electron chi connectivity index (χ2n) is 4.91. The molecule has 1 aliphatic heterocycles. The van der Waals surface area contributed by atoms with Gasteiger partial charge in [-0.25, -0.2) is 0 Å². The third-order valence-electron chi connectivity index (χ3n) is 3.57. The zero-order chi connectivity index (χ0) is 15.0. The molecule has 1 atom stereocenters. The van der Waals surface area contributed by atoms with Crippen LogP contribution in [0, 0.1) is 0 Å². The molecule has 0 spiro atoms. The van der Waals surface area contributed by atoms with Gasteiger partial charge in [-0.2, -0.15) is 0 Å². The van der Waals surface area contributed by atoms with Crippen molar-refractivity contribution in [1.82, 2.24) is 0 Å². The van der Waals surface area contributed by atoms with Gasteiger partial charge in [-0.1, -0.05) is 30.3 Å². The first-order valence-corrected chi connectivity index (χ1v) is 6.55. The molecule has 2 aromatic rings. The Hall–Kier alpha value is -2.53. The predicted molar refractivity (Wildman–Crippen MR) is 74.5 cm³/mol. The minimum Gasteiger partial charge on any atom is -0.504 e. The maximum Gasteiger partial charge on any atom is 0.201 e. The Morgan fingerprint density at radius 3 is 2.57 bits per heavy atom. The molecule has 0 fully saturated rings. The molecule has 1 unspecified atom stereocenters. The number of hydrogen-bond donors (Lipinski definition) is 3. The lowest BCUT2D eigenvalue weighted by molar-refractivity contribution is 0.0836. The smallest absolute Gasteiger partial charge is 0.201 e. The molecule has 5 nitrogen and oxygen atoms in total. The van der Waals surface area contributed by atoms with Gasteiger partial charge in [-0.05, 0) is 17.2 Å². The number of carbonyl (C=O) groups is 1. The van der Waals surface area contributed by atoms with Gasteiger partial charge in [0.05, 0.1) is 18.6 Å². The molecular formula is C16H14O5. The number of aliphatic hydroxyl groups excluding tert-OH is 1. The van der Waals surface area contributed by atoms with Crippen LogP contribution in [0.15, 0.2) is 36.4 Å². The number of aliphatic hydroxyl groups is 1. The van der Waals surface area contributed by atoms with Gasteiger partial charge >= 0.3 is 0 Å². The lowest BCUT2D eigenvalue weighted by Gasteiger charge is -2.27. The molecule has 21 heavy (non-hydrogen) atoms. The van der Waals surface area contributed by atoms with Crippen LogP contribution in [0.2, 0.25) is 0 Å². The van der Waals surface area contributed by atoms with E-state index in [1.54, 1.807) is 0 Å². The standard InChI is InChI=1S/C16H14O5/c17-8-10-6-12(19)15(20)16-14(10)11(18)7-13(21-16)9-4-2-1-3-5-9/h1-6,13,17,19-20H,7-8H2. The number of carbonyl (C=O) groups excluding carboxylic acids is 1. The average molecular weight is 286 g/mol. The highest BCUT2D eigenvalue weighted by Crippen LogP contribution is 2.46. The number of phenols is 2. The van der Waals surface area contributed by atoms with Gasteiger partial charge in [0.2, 0.25) is 5.75 Å². The molecule has 5 heteroatoms. The van der Waals surface area contributed by atoms with Crippen molar-refractivity contribution >= 4 is 5.78 Å². The predicted octanol–water partition coefficient (Wildman–Crippen LogP) is 2.30. The van der Waals surface area contributed by atoms with Crippen LogP contribution in [-0.2, 0) is 6.61 Å². The van der Waals surface area contributed by atoms with E-state index >= 15 is 0 Å². The fourth-order valence-corrected chi connectivity index (χ4v) is 2.54. The summed E-state index contributed by atoms with van der Waals surface area (Å²) in [4.78, 5) is 12.3. The molecule has 0 aliphatic carbocycles. The summed E-state index contributed by atoms with van der Waals surface area (Å²) >= 11 is 0. The Balaban J connectivity index is 2.10. The first-order chi connectivity index (χ1) is 10.1. The van der Waals surface area contributed by atoms with Crippen molar-refractivity contribution in [3.05, 3.63) is 53.1 Å². The van der Waals surface area contributed by atoms with Gasteiger partial charge < -0.3 is 20.1 Å². The summed E-state index contributed by atoms with van der Waals surface area (Å²) < 4.78 is 5.70. The molecule has 0 radical (unpaired) electrons. The fourth-order valence-electron chi connectivity index (χ4n) is 2.54. The Labute approximate surface area is 121 Å². The van der Waals surface area contributed by atoms with E-state index < -0.39 is 24.2 Å². The van der Waals surface area contributed by atoms with Crippen LogP contribution in [0.3, 0.4) is 0 Å². The first-order valence-electron chi connectivity index (χ1n) is 6.55. The highest BCUT2D eigenvalue weighted by molar-refractivity contribution is 6.02. The molecule has 2 aromatic carbocycles. The van der Waals surface area contributed by atoms with E-state index in [-0.39, 0.29) is 29.1 Å². The SMILES string of the molecule is O=C1CC(c2ccccc2)Oc2c(O)c(O)cc(CO)c21. The molecule has 0 saturated heterocycles. The largest absolute Gasteiger partial charge is 0.504 e. The molecule has 0 aromatic heterocycles. The molecule has 108 valence electrons. The van der Waals surface area contributed by atoms with Crippen LogP contribution < -0.4 is 4.74 Å². The highest BCUT2D eigenvalue weighted by Gasteiger charge is 2.33. The van der Waals surface area contributed by atoms with Crippen LogP contribution >= 0.6 is 0 Å². The zero-order valence-electron chi connectivity index (χ0n) is 11.1. The summed E-state index contributed by atoms with van der Waals surface area (Å²) in [5.74, 6) is -1.19. The molecular weight excluding hydrogens is 272 g/mol. The van der Waals surface area contributed by atoms with Gasteiger partial charge in [0.25, 0.3) is 0 Å². The lowest BCUT2D eigenvalue weighted by atomic mass is 9.92. The van der Waals surface area contributed by atoms with Gasteiger partial charge in [-0.3, -0.25) is 4.79 Å². The first kappa shape index (κ1) is 13.5. The van der Waals surface area contributed by atoms with Gasteiger partial charge in [-0.15, -0.1) is 0 Å². The number of aromatic hydroxyl groups is 2. The quantitative estimate of drug-likeness (QED) is 0.737. The van der Waals surface area contributed by atoms with Crippen molar-refractivity contribution in [2.45, 2.75) is 19.1 Å². The van der Waals surface area contributed by atoms with Crippen molar-refractivity contribution in [1.29, 1.82) is 0 Å². The fraction of sp³-hybridized carbons (Fsp3) is 0.188. The van der Waals surface area contributed by atoms with E-state index in [0.717, 1.165) is 5.56 Å². The summed E-state index contributed by atoms with van der Waals surface area (Å²) in [5, 5.41) is 28.9. The van der Waals surface area contributed by atoms with E-state index in [1.807, 2.05) is 30.3 Å². The van der Waals surface area contributed by atoms with Crippen molar-refractivity contribution in [3.63, 3.8) is 0 Å². The Morgan fingerprint density at radius 2 is 1.90 bits per heavy atom. The van der Waals surface area contributed by atoms with Crippen molar-refractivity contribution in [2.24, 2.45) is 0 Å². The number of benzene rings is 2. The third-order valence-corrected chi connectivity index (χ3v) is 3.57. The number of rotatable bonds is 2. The Kier molecular flexibility index (Phi) is 3.27. The van der Waals surface area contributed by atoms with E-state index in [0.29, 0.717) is 0 Å². The second kappa shape index (κ2) is 5.10. The highest BCUT2D eigenvalue weighted by atomic mass is 16.5.